The molecule has 152 valence electrons. The molecule has 2 atom stereocenters. The second kappa shape index (κ2) is 7.68. The van der Waals surface area contributed by atoms with Gasteiger partial charge in [-0.05, 0) is 93.6 Å². The predicted molar refractivity (Wildman–Crippen MR) is 114 cm³/mol. The molecule has 1 heterocycles. The highest BCUT2D eigenvalue weighted by molar-refractivity contribution is 7.99. The Hall–Kier alpha value is -1.00. The van der Waals surface area contributed by atoms with Crippen LogP contribution in [0.4, 0.5) is 0 Å². The summed E-state index contributed by atoms with van der Waals surface area (Å²) in [6.07, 6.45) is 11.0. The van der Waals surface area contributed by atoms with Crippen molar-refractivity contribution in [2.24, 2.45) is 23.2 Å². The van der Waals surface area contributed by atoms with Gasteiger partial charge in [0.2, 0.25) is 0 Å². The SMILES string of the molecule is C[C@@H](NC(=O)c1ccccc1SC[C@@H]1CCCO1)C12CC3CC(CC(C3)C1)C2. The lowest BCUT2D eigenvalue weighted by atomic mass is 9.48. The van der Waals surface area contributed by atoms with E-state index in [0.717, 1.165) is 53.4 Å². The average Bonchev–Trinajstić information content (AvgIpc) is 3.19. The number of nitrogens with one attached hydrogen (secondary N) is 1. The number of amides is 1. The molecule has 5 fully saturated rings. The van der Waals surface area contributed by atoms with Crippen molar-refractivity contribution in [3.05, 3.63) is 29.8 Å². The van der Waals surface area contributed by atoms with Crippen molar-refractivity contribution in [2.45, 2.75) is 75.3 Å². The van der Waals surface area contributed by atoms with E-state index < -0.39 is 0 Å². The van der Waals surface area contributed by atoms with Crippen LogP contribution in [-0.2, 0) is 4.74 Å². The van der Waals surface area contributed by atoms with Gasteiger partial charge in [0.1, 0.15) is 0 Å². The third-order valence-electron chi connectivity index (χ3n) is 7.93. The Morgan fingerprint density at radius 1 is 1.18 bits per heavy atom. The van der Waals surface area contributed by atoms with Gasteiger partial charge in [0.05, 0.1) is 11.7 Å². The van der Waals surface area contributed by atoms with Crippen LogP contribution >= 0.6 is 11.8 Å². The van der Waals surface area contributed by atoms with Crippen LogP contribution < -0.4 is 5.32 Å². The topological polar surface area (TPSA) is 38.3 Å². The summed E-state index contributed by atoms with van der Waals surface area (Å²) in [7, 11) is 0. The Labute approximate surface area is 173 Å². The molecule has 0 radical (unpaired) electrons. The first kappa shape index (κ1) is 19.0. The first-order valence-electron chi connectivity index (χ1n) is 11.3. The molecule has 28 heavy (non-hydrogen) atoms. The lowest BCUT2D eigenvalue weighted by Gasteiger charge is -2.59. The van der Waals surface area contributed by atoms with Gasteiger partial charge < -0.3 is 10.1 Å². The van der Waals surface area contributed by atoms with Gasteiger partial charge >= 0.3 is 0 Å². The Morgan fingerprint density at radius 2 is 1.86 bits per heavy atom. The van der Waals surface area contributed by atoms with E-state index in [0.29, 0.717) is 11.5 Å². The van der Waals surface area contributed by atoms with E-state index in [1.165, 1.54) is 38.5 Å². The summed E-state index contributed by atoms with van der Waals surface area (Å²) in [6, 6.07) is 8.37. The number of thioether (sulfide) groups is 1. The number of ether oxygens (including phenoxy) is 1. The summed E-state index contributed by atoms with van der Waals surface area (Å²) in [5.74, 6) is 3.80. The summed E-state index contributed by atoms with van der Waals surface area (Å²) in [5, 5.41) is 3.44. The second-order valence-electron chi connectivity index (χ2n) is 9.92. The molecule has 4 saturated carbocycles. The molecule has 3 nitrogen and oxygen atoms in total. The first-order valence-corrected chi connectivity index (χ1v) is 12.2. The molecule has 0 unspecified atom stereocenters. The minimum Gasteiger partial charge on any atom is -0.377 e. The van der Waals surface area contributed by atoms with Crippen LogP contribution in [0.25, 0.3) is 0 Å². The van der Waals surface area contributed by atoms with Crippen LogP contribution in [0.5, 0.6) is 0 Å². The standard InChI is InChI=1S/C24H33NO2S/c1-16(24-12-17-9-18(13-24)11-19(10-17)14-24)25-23(26)21-6-2-3-7-22(21)28-15-20-5-4-8-27-20/h2-3,6-7,16-20H,4-5,8-15H2,1H3,(H,25,26)/t16-,17?,18?,19?,20+,24?/m1/s1. The van der Waals surface area contributed by atoms with Crippen LogP contribution in [-0.4, -0.2) is 30.4 Å². The Bertz CT molecular complexity index is 692. The van der Waals surface area contributed by atoms with Crippen LogP contribution in [0.1, 0.15) is 68.6 Å². The summed E-state index contributed by atoms with van der Waals surface area (Å²) in [4.78, 5) is 14.3. The molecule has 1 aromatic carbocycles. The van der Waals surface area contributed by atoms with E-state index in [4.69, 9.17) is 4.74 Å². The van der Waals surface area contributed by atoms with Crippen molar-refractivity contribution in [1.82, 2.24) is 5.32 Å². The van der Waals surface area contributed by atoms with Gasteiger partial charge in [-0.15, -0.1) is 11.8 Å². The number of rotatable bonds is 6. The lowest BCUT2D eigenvalue weighted by molar-refractivity contribution is -0.0688. The lowest BCUT2D eigenvalue weighted by Crippen LogP contribution is -2.55. The van der Waals surface area contributed by atoms with Gasteiger partial charge in [0.15, 0.2) is 0 Å². The zero-order valence-corrected chi connectivity index (χ0v) is 17.8. The van der Waals surface area contributed by atoms with Gasteiger partial charge in [-0.1, -0.05) is 12.1 Å². The molecule has 1 amide bonds. The quantitative estimate of drug-likeness (QED) is 0.660. The van der Waals surface area contributed by atoms with Gasteiger partial charge in [0, 0.05) is 23.3 Å². The van der Waals surface area contributed by atoms with E-state index >= 15 is 0 Å². The zero-order chi connectivity index (χ0) is 19.1. The fourth-order valence-corrected chi connectivity index (χ4v) is 7.99. The molecule has 0 aromatic heterocycles. The second-order valence-corrected chi connectivity index (χ2v) is 11.0. The average molecular weight is 400 g/mol. The van der Waals surface area contributed by atoms with Crippen molar-refractivity contribution >= 4 is 17.7 Å². The number of benzene rings is 1. The molecule has 5 aliphatic rings. The molecule has 1 N–H and O–H groups in total. The molecule has 1 aromatic rings. The Kier molecular flexibility index (Phi) is 5.21. The molecule has 1 saturated heterocycles. The maximum atomic E-state index is 13.2. The number of carbonyl (C=O) groups is 1. The molecule has 0 spiro atoms. The van der Waals surface area contributed by atoms with Crippen molar-refractivity contribution in [2.75, 3.05) is 12.4 Å². The fraction of sp³-hybridized carbons (Fsp3) is 0.708. The number of carbonyl (C=O) groups excluding carboxylic acids is 1. The molecule has 4 bridgehead atoms. The summed E-state index contributed by atoms with van der Waals surface area (Å²) in [6.45, 7) is 3.16. The van der Waals surface area contributed by atoms with E-state index in [1.807, 2.05) is 18.2 Å². The monoisotopic (exact) mass is 399 g/mol. The fourth-order valence-electron chi connectivity index (χ4n) is 6.87. The Balaban J connectivity index is 1.26. The number of hydrogen-bond acceptors (Lipinski definition) is 3. The highest BCUT2D eigenvalue weighted by atomic mass is 32.2. The van der Waals surface area contributed by atoms with Crippen LogP contribution in [0, 0.1) is 23.2 Å². The smallest absolute Gasteiger partial charge is 0.252 e. The van der Waals surface area contributed by atoms with Crippen LogP contribution in [0.15, 0.2) is 29.2 Å². The normalized spacial score (nSPS) is 37.2. The molecule has 1 aliphatic heterocycles. The zero-order valence-electron chi connectivity index (χ0n) is 17.0. The number of hydrogen-bond donors (Lipinski definition) is 1. The molecular formula is C24H33NO2S. The van der Waals surface area contributed by atoms with Crippen molar-refractivity contribution < 1.29 is 9.53 Å². The largest absolute Gasteiger partial charge is 0.377 e. The Morgan fingerprint density at radius 3 is 2.50 bits per heavy atom. The van der Waals surface area contributed by atoms with Crippen molar-refractivity contribution in [1.29, 1.82) is 0 Å². The van der Waals surface area contributed by atoms with Gasteiger partial charge in [-0.25, -0.2) is 0 Å². The van der Waals surface area contributed by atoms with Gasteiger partial charge in [-0.2, -0.15) is 0 Å². The van der Waals surface area contributed by atoms with E-state index in [2.05, 4.69) is 18.3 Å². The minimum absolute atomic E-state index is 0.110. The van der Waals surface area contributed by atoms with E-state index in [1.54, 1.807) is 11.8 Å². The van der Waals surface area contributed by atoms with Crippen molar-refractivity contribution in [3.63, 3.8) is 0 Å². The minimum atomic E-state index is 0.110. The van der Waals surface area contributed by atoms with E-state index in [-0.39, 0.29) is 11.9 Å². The van der Waals surface area contributed by atoms with Gasteiger partial charge in [-0.3, -0.25) is 4.79 Å². The summed E-state index contributed by atoms with van der Waals surface area (Å²) < 4.78 is 5.76. The maximum Gasteiger partial charge on any atom is 0.252 e. The third-order valence-corrected chi connectivity index (χ3v) is 9.14. The van der Waals surface area contributed by atoms with E-state index in [9.17, 15) is 4.79 Å². The summed E-state index contributed by atoms with van der Waals surface area (Å²) >= 11 is 1.77. The van der Waals surface area contributed by atoms with Crippen LogP contribution in [0.2, 0.25) is 0 Å². The molecular weight excluding hydrogens is 366 g/mol. The van der Waals surface area contributed by atoms with Gasteiger partial charge in [0.25, 0.3) is 5.91 Å². The van der Waals surface area contributed by atoms with Crippen molar-refractivity contribution in [3.8, 4) is 0 Å². The predicted octanol–water partition coefficient (Wildman–Crippen LogP) is 5.29. The molecule has 4 heteroatoms. The third kappa shape index (κ3) is 3.63. The highest BCUT2D eigenvalue weighted by Crippen LogP contribution is 2.61. The summed E-state index contributed by atoms with van der Waals surface area (Å²) in [5.41, 5.74) is 1.19. The first-order chi connectivity index (χ1) is 13.6. The maximum absolute atomic E-state index is 13.2. The molecule has 4 aliphatic carbocycles. The molecule has 6 rings (SSSR count). The highest BCUT2D eigenvalue weighted by Gasteiger charge is 2.53. The van der Waals surface area contributed by atoms with Crippen LogP contribution in [0.3, 0.4) is 0 Å².